The van der Waals surface area contributed by atoms with Crippen LogP contribution in [0.5, 0.6) is 5.75 Å². The number of halogens is 2. The number of aryl methyl sites for hydroxylation is 1. The first kappa shape index (κ1) is 14.9. The first-order valence-electron chi connectivity index (χ1n) is 5.91. The number of hydrogen-bond acceptors (Lipinski definition) is 5. The van der Waals surface area contributed by atoms with Crippen LogP contribution < -0.4 is 10.1 Å². The Morgan fingerprint density at radius 2 is 2.00 bits per heavy atom. The van der Waals surface area contributed by atoms with Crippen LogP contribution >= 0.6 is 23.0 Å². The molecule has 106 valence electrons. The standard InChI is InChI=1S/C13H13FIN3O2/c1-9-12(14)8-16-13(17-9)18-10-2-4-11(5-3-10)19-6-7-20-15/h2-5,8H,6-7H2,1H3,(H,16,17,18). The van der Waals surface area contributed by atoms with Crippen LogP contribution in [0.1, 0.15) is 5.69 Å². The maximum atomic E-state index is 13.1. The molecule has 0 aliphatic heterocycles. The van der Waals surface area contributed by atoms with Crippen LogP contribution in [0.2, 0.25) is 0 Å². The first-order valence-corrected chi connectivity index (χ1v) is 6.79. The van der Waals surface area contributed by atoms with Gasteiger partial charge in [0.2, 0.25) is 5.95 Å². The van der Waals surface area contributed by atoms with Gasteiger partial charge in [-0.2, -0.15) is 0 Å². The highest BCUT2D eigenvalue weighted by atomic mass is 127. The Bertz CT molecular complexity index is 566. The topological polar surface area (TPSA) is 56.3 Å². The molecule has 0 atom stereocenters. The van der Waals surface area contributed by atoms with Gasteiger partial charge in [-0.25, -0.2) is 14.4 Å². The maximum absolute atomic E-state index is 13.1. The zero-order chi connectivity index (χ0) is 14.4. The van der Waals surface area contributed by atoms with Gasteiger partial charge < -0.3 is 13.1 Å². The number of aromatic nitrogens is 2. The van der Waals surface area contributed by atoms with Crippen LogP contribution in [-0.4, -0.2) is 23.2 Å². The van der Waals surface area contributed by atoms with Gasteiger partial charge >= 0.3 is 0 Å². The molecule has 0 fully saturated rings. The fourth-order valence-corrected chi connectivity index (χ4v) is 1.65. The van der Waals surface area contributed by atoms with Gasteiger partial charge in [-0.3, -0.25) is 0 Å². The van der Waals surface area contributed by atoms with Gasteiger partial charge in [-0.15, -0.1) is 0 Å². The molecule has 0 aliphatic carbocycles. The molecule has 0 bridgehead atoms. The van der Waals surface area contributed by atoms with Crippen LogP contribution in [-0.2, 0) is 3.07 Å². The van der Waals surface area contributed by atoms with Gasteiger partial charge in [-0.05, 0) is 31.2 Å². The van der Waals surface area contributed by atoms with E-state index in [1.807, 2.05) is 47.3 Å². The SMILES string of the molecule is Cc1nc(Nc2ccc(OCCOI)cc2)ncc1F. The van der Waals surface area contributed by atoms with Gasteiger partial charge in [0.25, 0.3) is 0 Å². The fraction of sp³-hybridized carbons (Fsp3) is 0.231. The third-order valence-electron chi connectivity index (χ3n) is 2.46. The minimum Gasteiger partial charge on any atom is -0.491 e. The van der Waals surface area contributed by atoms with Crippen molar-refractivity contribution in [1.82, 2.24) is 9.97 Å². The lowest BCUT2D eigenvalue weighted by atomic mass is 10.3. The van der Waals surface area contributed by atoms with E-state index in [-0.39, 0.29) is 0 Å². The molecule has 0 amide bonds. The van der Waals surface area contributed by atoms with Crippen molar-refractivity contribution < 1.29 is 12.2 Å². The predicted octanol–water partition coefficient (Wildman–Crippen LogP) is 3.41. The number of rotatable bonds is 6. The van der Waals surface area contributed by atoms with Gasteiger partial charge in [0.15, 0.2) is 5.82 Å². The highest BCUT2D eigenvalue weighted by Crippen LogP contribution is 2.18. The van der Waals surface area contributed by atoms with Crippen LogP contribution in [0, 0.1) is 12.7 Å². The summed E-state index contributed by atoms with van der Waals surface area (Å²) in [6, 6.07) is 7.32. The van der Waals surface area contributed by atoms with Crippen molar-refractivity contribution in [2.75, 3.05) is 18.5 Å². The number of ether oxygens (including phenoxy) is 1. The van der Waals surface area contributed by atoms with E-state index in [1.54, 1.807) is 6.92 Å². The van der Waals surface area contributed by atoms with Gasteiger partial charge in [0, 0.05) is 5.69 Å². The first-order chi connectivity index (χ1) is 9.69. The smallest absolute Gasteiger partial charge is 0.227 e. The van der Waals surface area contributed by atoms with Crippen molar-refractivity contribution in [2.24, 2.45) is 0 Å². The summed E-state index contributed by atoms with van der Waals surface area (Å²) in [6.45, 7) is 2.62. The lowest BCUT2D eigenvalue weighted by Crippen LogP contribution is -2.03. The van der Waals surface area contributed by atoms with E-state index in [2.05, 4.69) is 15.3 Å². The third-order valence-corrected chi connectivity index (χ3v) is 2.90. The molecular formula is C13H13FIN3O2. The average molecular weight is 389 g/mol. The normalized spacial score (nSPS) is 10.3. The van der Waals surface area contributed by atoms with Crippen molar-refractivity contribution in [3.05, 3.63) is 42.0 Å². The largest absolute Gasteiger partial charge is 0.491 e. The highest BCUT2D eigenvalue weighted by Gasteiger charge is 2.03. The lowest BCUT2D eigenvalue weighted by Gasteiger charge is -2.08. The summed E-state index contributed by atoms with van der Waals surface area (Å²) in [5.41, 5.74) is 1.11. The average Bonchev–Trinajstić information content (AvgIpc) is 2.45. The fourth-order valence-electron chi connectivity index (χ4n) is 1.47. The molecular weight excluding hydrogens is 376 g/mol. The summed E-state index contributed by atoms with van der Waals surface area (Å²) in [7, 11) is 0. The zero-order valence-electron chi connectivity index (χ0n) is 10.8. The van der Waals surface area contributed by atoms with E-state index in [1.165, 1.54) is 0 Å². The molecule has 0 saturated carbocycles. The van der Waals surface area contributed by atoms with E-state index < -0.39 is 5.82 Å². The molecule has 2 rings (SSSR count). The Kier molecular flexibility index (Phi) is 5.48. The van der Waals surface area contributed by atoms with Crippen LogP contribution in [0.25, 0.3) is 0 Å². The van der Waals surface area contributed by atoms with Gasteiger partial charge in [0.1, 0.15) is 35.4 Å². The van der Waals surface area contributed by atoms with Crippen molar-refractivity contribution in [2.45, 2.75) is 6.92 Å². The monoisotopic (exact) mass is 389 g/mol. The molecule has 0 aliphatic rings. The van der Waals surface area contributed by atoms with Crippen molar-refractivity contribution >= 4 is 34.6 Å². The molecule has 1 heterocycles. The predicted molar refractivity (Wildman–Crippen MR) is 81.9 cm³/mol. The molecule has 1 N–H and O–H groups in total. The van der Waals surface area contributed by atoms with Gasteiger partial charge in [-0.1, -0.05) is 0 Å². The molecule has 0 spiro atoms. The van der Waals surface area contributed by atoms with E-state index in [0.717, 1.165) is 17.6 Å². The quantitative estimate of drug-likeness (QED) is 0.606. The maximum Gasteiger partial charge on any atom is 0.227 e. The summed E-state index contributed by atoms with van der Waals surface area (Å²) in [4.78, 5) is 7.88. The van der Waals surface area contributed by atoms with Crippen LogP contribution in [0.3, 0.4) is 0 Å². The lowest BCUT2D eigenvalue weighted by molar-refractivity contribution is 0.256. The molecule has 0 radical (unpaired) electrons. The second-order valence-corrected chi connectivity index (χ2v) is 4.56. The van der Waals surface area contributed by atoms with Crippen molar-refractivity contribution in [1.29, 1.82) is 0 Å². The number of anilines is 2. The molecule has 0 saturated heterocycles. The Balaban J connectivity index is 1.97. The molecule has 0 unspecified atom stereocenters. The Morgan fingerprint density at radius 3 is 2.65 bits per heavy atom. The Morgan fingerprint density at radius 1 is 1.25 bits per heavy atom. The van der Waals surface area contributed by atoms with E-state index >= 15 is 0 Å². The van der Waals surface area contributed by atoms with E-state index in [9.17, 15) is 4.39 Å². The number of nitrogens with zero attached hydrogens (tertiary/aromatic N) is 2. The number of benzene rings is 1. The second-order valence-electron chi connectivity index (χ2n) is 3.94. The van der Waals surface area contributed by atoms with Crippen LogP contribution in [0.15, 0.2) is 30.5 Å². The summed E-state index contributed by atoms with van der Waals surface area (Å²) in [5, 5.41) is 3.00. The minimum atomic E-state index is -0.420. The Labute approximate surface area is 130 Å². The van der Waals surface area contributed by atoms with Crippen molar-refractivity contribution in [3.63, 3.8) is 0 Å². The van der Waals surface area contributed by atoms with Crippen molar-refractivity contribution in [3.8, 4) is 5.75 Å². The molecule has 7 heteroatoms. The van der Waals surface area contributed by atoms with E-state index in [0.29, 0.717) is 24.9 Å². The Hall–Kier alpha value is -1.48. The summed E-state index contributed by atoms with van der Waals surface area (Å²) in [6.07, 6.45) is 1.15. The highest BCUT2D eigenvalue weighted by molar-refractivity contribution is 14.1. The molecule has 2 aromatic rings. The minimum absolute atomic E-state index is 0.307. The molecule has 1 aromatic carbocycles. The summed E-state index contributed by atoms with van der Waals surface area (Å²) in [5.74, 6) is 0.688. The number of nitrogens with one attached hydrogen (secondary N) is 1. The van der Waals surface area contributed by atoms with E-state index in [4.69, 9.17) is 7.80 Å². The summed E-state index contributed by atoms with van der Waals surface area (Å²) >= 11 is 1.82. The third kappa shape index (κ3) is 4.27. The molecule has 5 nitrogen and oxygen atoms in total. The van der Waals surface area contributed by atoms with Gasteiger partial charge in [0.05, 0.1) is 18.5 Å². The second kappa shape index (κ2) is 7.34. The molecule has 20 heavy (non-hydrogen) atoms. The summed E-state index contributed by atoms with van der Waals surface area (Å²) < 4.78 is 23.4. The zero-order valence-corrected chi connectivity index (χ0v) is 12.9. The van der Waals surface area contributed by atoms with Crippen LogP contribution in [0.4, 0.5) is 16.0 Å². The molecule has 1 aromatic heterocycles. The number of hydrogen-bond donors (Lipinski definition) is 1.